The van der Waals surface area contributed by atoms with Gasteiger partial charge >= 0.3 is 0 Å². The first-order valence-corrected chi connectivity index (χ1v) is 14.3. The summed E-state index contributed by atoms with van der Waals surface area (Å²) in [4.78, 5) is 0. The number of nitrogens with one attached hydrogen (secondary N) is 2. The lowest BCUT2D eigenvalue weighted by Crippen LogP contribution is -2.29. The van der Waals surface area contributed by atoms with Gasteiger partial charge in [-0.05, 0) is 77.7 Å². The molecule has 7 aromatic rings. The molecule has 0 saturated heterocycles. The Labute approximate surface area is 231 Å². The van der Waals surface area contributed by atoms with Gasteiger partial charge < -0.3 is 19.8 Å². The van der Waals surface area contributed by atoms with Crippen LogP contribution in [0.2, 0.25) is 0 Å². The zero-order valence-corrected chi connectivity index (χ0v) is 21.9. The number of allylic oxidation sites excluding steroid dienone is 1. The van der Waals surface area contributed by atoms with E-state index in [2.05, 4.69) is 129 Å². The second kappa shape index (κ2) is 7.36. The fraction of sp³-hybridized carbons (Fsp3) is 0.111. The summed E-state index contributed by atoms with van der Waals surface area (Å²) in [5.41, 5.74) is 11.7. The molecule has 1 aliphatic carbocycles. The van der Waals surface area contributed by atoms with E-state index in [1.165, 1.54) is 71.7 Å². The van der Waals surface area contributed by atoms with Crippen LogP contribution in [0.3, 0.4) is 0 Å². The van der Waals surface area contributed by atoms with E-state index in [1.54, 1.807) is 0 Å². The van der Waals surface area contributed by atoms with Crippen molar-refractivity contribution in [3.8, 4) is 5.69 Å². The van der Waals surface area contributed by atoms with Gasteiger partial charge in [-0.1, -0.05) is 60.7 Å². The summed E-state index contributed by atoms with van der Waals surface area (Å²) in [6.07, 6.45) is 6.91. The maximum absolute atomic E-state index is 3.92. The number of hydrogen-bond acceptors (Lipinski definition) is 2. The van der Waals surface area contributed by atoms with Gasteiger partial charge in [-0.15, -0.1) is 0 Å². The minimum Gasteiger partial charge on any atom is -0.373 e. The Kier molecular flexibility index (Phi) is 3.85. The molecule has 0 radical (unpaired) electrons. The highest BCUT2D eigenvalue weighted by Crippen LogP contribution is 2.53. The number of benzene rings is 5. The number of para-hydroxylation sites is 3. The van der Waals surface area contributed by atoms with Gasteiger partial charge in [0, 0.05) is 33.1 Å². The van der Waals surface area contributed by atoms with Gasteiger partial charge in [0.05, 0.1) is 34.0 Å². The van der Waals surface area contributed by atoms with Crippen molar-refractivity contribution in [2.75, 3.05) is 10.6 Å². The van der Waals surface area contributed by atoms with Crippen molar-refractivity contribution in [2.24, 2.45) is 0 Å². The third kappa shape index (κ3) is 2.52. The van der Waals surface area contributed by atoms with Crippen LogP contribution in [-0.2, 0) is 6.42 Å². The van der Waals surface area contributed by atoms with Crippen LogP contribution in [0.1, 0.15) is 35.4 Å². The average Bonchev–Trinajstić information content (AvgIpc) is 3.63. The van der Waals surface area contributed by atoms with Crippen LogP contribution in [0.4, 0.5) is 11.4 Å². The summed E-state index contributed by atoms with van der Waals surface area (Å²) < 4.78 is 5.06. The minimum absolute atomic E-state index is 0.103. The molecule has 4 nitrogen and oxygen atoms in total. The molecule has 2 unspecified atom stereocenters. The number of fused-ring (bicyclic) bond motifs is 12. The Bertz CT molecular complexity index is 2230. The molecule has 0 saturated carbocycles. The maximum Gasteiger partial charge on any atom is 0.129 e. The lowest BCUT2D eigenvalue weighted by molar-refractivity contribution is 0.540. The van der Waals surface area contributed by atoms with Crippen molar-refractivity contribution < 1.29 is 0 Å². The van der Waals surface area contributed by atoms with Gasteiger partial charge in [-0.25, -0.2) is 0 Å². The third-order valence-electron chi connectivity index (χ3n) is 9.37. The Morgan fingerprint density at radius 1 is 0.700 bits per heavy atom. The van der Waals surface area contributed by atoms with Crippen molar-refractivity contribution >= 4 is 60.9 Å². The lowest BCUT2D eigenvalue weighted by atomic mass is 9.95. The van der Waals surface area contributed by atoms with Gasteiger partial charge in [-0.3, -0.25) is 0 Å². The molecule has 0 fully saturated rings. The van der Waals surface area contributed by atoms with Crippen molar-refractivity contribution in [3.63, 3.8) is 0 Å². The Morgan fingerprint density at radius 3 is 2.38 bits per heavy atom. The van der Waals surface area contributed by atoms with E-state index in [1.807, 2.05) is 0 Å². The first-order chi connectivity index (χ1) is 19.8. The Balaban J connectivity index is 1.37. The SMILES string of the molecule is C1=Cc2c(c3cc4c(cc3n2-c2ccccc2)c2c3ccccc3cc3c2n4C2Nc4ccccc4NC32)CC1. The molecule has 5 aromatic carbocycles. The third-order valence-corrected chi connectivity index (χ3v) is 9.37. The fourth-order valence-electron chi connectivity index (χ4n) is 7.74. The lowest BCUT2D eigenvalue weighted by Gasteiger charge is -2.33. The van der Waals surface area contributed by atoms with E-state index in [4.69, 9.17) is 0 Å². The predicted molar refractivity (Wildman–Crippen MR) is 167 cm³/mol. The van der Waals surface area contributed by atoms with Crippen molar-refractivity contribution in [2.45, 2.75) is 25.0 Å². The van der Waals surface area contributed by atoms with Gasteiger partial charge in [0.1, 0.15) is 6.17 Å². The standard InChI is InChI=1S/C36H26N4/c1-2-11-22(12-3-1)39-30-17-9-6-14-24(30)25-19-32-26(20-31(25)39)33-23-13-5-4-10-21(23)18-27-34-36(40(32)35(27)33)38-29-16-8-7-15-28(29)37-34/h1-5,7-13,15-20,34,36-38H,6,14H2. The molecule has 2 aliphatic heterocycles. The Morgan fingerprint density at radius 2 is 1.48 bits per heavy atom. The number of nitrogens with zero attached hydrogens (tertiary/aromatic N) is 2. The number of hydrogen-bond donors (Lipinski definition) is 2. The van der Waals surface area contributed by atoms with Crippen LogP contribution < -0.4 is 10.6 Å². The van der Waals surface area contributed by atoms with E-state index in [0.29, 0.717) is 0 Å². The summed E-state index contributed by atoms with van der Waals surface area (Å²) >= 11 is 0. The van der Waals surface area contributed by atoms with E-state index in [-0.39, 0.29) is 12.2 Å². The molecular weight excluding hydrogens is 488 g/mol. The number of rotatable bonds is 1. The van der Waals surface area contributed by atoms with Gasteiger partial charge in [0.2, 0.25) is 0 Å². The molecule has 0 spiro atoms. The molecule has 10 rings (SSSR count). The molecule has 0 bridgehead atoms. The second-order valence-corrected chi connectivity index (χ2v) is 11.4. The van der Waals surface area contributed by atoms with E-state index < -0.39 is 0 Å². The van der Waals surface area contributed by atoms with Crippen molar-refractivity contribution in [1.29, 1.82) is 0 Å². The van der Waals surface area contributed by atoms with E-state index in [9.17, 15) is 0 Å². The van der Waals surface area contributed by atoms with Gasteiger partial charge in [-0.2, -0.15) is 0 Å². The van der Waals surface area contributed by atoms with Crippen LogP contribution in [-0.4, -0.2) is 9.13 Å². The quantitative estimate of drug-likeness (QED) is 0.229. The molecule has 3 aliphatic rings. The largest absolute Gasteiger partial charge is 0.373 e. The first kappa shape index (κ1) is 20.9. The molecule has 0 amide bonds. The van der Waals surface area contributed by atoms with E-state index >= 15 is 0 Å². The fourth-order valence-corrected chi connectivity index (χ4v) is 7.74. The summed E-state index contributed by atoms with van der Waals surface area (Å²) in [5, 5.41) is 14.5. The molecule has 2 atom stereocenters. The smallest absolute Gasteiger partial charge is 0.129 e. The second-order valence-electron chi connectivity index (χ2n) is 11.4. The minimum atomic E-state index is 0.103. The topological polar surface area (TPSA) is 33.9 Å². The highest BCUT2D eigenvalue weighted by atomic mass is 15.3. The molecule has 190 valence electrons. The monoisotopic (exact) mass is 514 g/mol. The van der Waals surface area contributed by atoms with Gasteiger partial charge in [0.25, 0.3) is 0 Å². The van der Waals surface area contributed by atoms with Gasteiger partial charge in [0.15, 0.2) is 0 Å². The van der Waals surface area contributed by atoms with Crippen LogP contribution in [0.25, 0.3) is 55.2 Å². The van der Waals surface area contributed by atoms with Crippen LogP contribution in [0, 0.1) is 0 Å². The van der Waals surface area contributed by atoms with Crippen molar-refractivity contribution in [1.82, 2.24) is 9.13 Å². The molecule has 2 aromatic heterocycles. The van der Waals surface area contributed by atoms with Crippen LogP contribution in [0.15, 0.2) is 103 Å². The zero-order chi connectivity index (χ0) is 25.9. The predicted octanol–water partition coefficient (Wildman–Crippen LogP) is 8.94. The number of aromatic nitrogens is 2. The Hall–Kier alpha value is -4.96. The normalized spacial score (nSPS) is 18.6. The van der Waals surface area contributed by atoms with E-state index in [0.717, 1.165) is 18.5 Å². The zero-order valence-electron chi connectivity index (χ0n) is 21.9. The summed E-state index contributed by atoms with van der Waals surface area (Å²) in [6.45, 7) is 0. The first-order valence-electron chi connectivity index (χ1n) is 14.3. The average molecular weight is 515 g/mol. The van der Waals surface area contributed by atoms with Crippen LogP contribution >= 0.6 is 0 Å². The maximum atomic E-state index is 3.92. The molecule has 4 heterocycles. The molecule has 4 heteroatoms. The summed E-state index contributed by atoms with van der Waals surface area (Å²) in [5.74, 6) is 0. The molecule has 2 N–H and O–H groups in total. The highest BCUT2D eigenvalue weighted by Gasteiger charge is 2.40. The number of aryl methyl sites for hydroxylation is 1. The van der Waals surface area contributed by atoms with Crippen LogP contribution in [0.5, 0.6) is 0 Å². The number of anilines is 2. The van der Waals surface area contributed by atoms with Crippen molar-refractivity contribution in [3.05, 3.63) is 120 Å². The summed E-state index contributed by atoms with van der Waals surface area (Å²) in [7, 11) is 0. The molecule has 40 heavy (non-hydrogen) atoms. The highest BCUT2D eigenvalue weighted by molar-refractivity contribution is 6.24. The molecular formula is C36H26N4. The summed E-state index contributed by atoms with van der Waals surface area (Å²) in [6, 6.07) is 35.9.